The van der Waals surface area contributed by atoms with E-state index >= 15 is 0 Å². The summed E-state index contributed by atoms with van der Waals surface area (Å²) < 4.78 is 5.78. The first-order chi connectivity index (χ1) is 11.6. The fraction of sp³-hybridized carbons (Fsp3) is 0.158. The highest BCUT2D eigenvalue weighted by Gasteiger charge is 2.11. The van der Waals surface area contributed by atoms with Gasteiger partial charge in [0.1, 0.15) is 11.5 Å². The van der Waals surface area contributed by atoms with E-state index in [0.29, 0.717) is 5.13 Å². The summed E-state index contributed by atoms with van der Waals surface area (Å²) >= 11 is 1.42. The lowest BCUT2D eigenvalue weighted by molar-refractivity contribution is -0.118. The molecule has 1 N–H and O–H groups in total. The van der Waals surface area contributed by atoms with Gasteiger partial charge < -0.3 is 10.1 Å². The summed E-state index contributed by atoms with van der Waals surface area (Å²) in [5, 5.41) is 5.37. The van der Waals surface area contributed by atoms with E-state index in [-0.39, 0.29) is 11.8 Å². The summed E-state index contributed by atoms with van der Waals surface area (Å²) in [6.45, 7) is 3.71. The zero-order valence-electron chi connectivity index (χ0n) is 13.5. The van der Waals surface area contributed by atoms with Crippen LogP contribution in [-0.2, 0) is 4.79 Å². The SMILES string of the molecule is CC(C)C(=O)Nc1nc(-c2ccc(Oc3ccccc3)cc2)cs1. The number of thiazole rings is 1. The van der Waals surface area contributed by atoms with Crippen LogP contribution in [0.2, 0.25) is 0 Å². The number of ether oxygens (including phenoxy) is 1. The maximum Gasteiger partial charge on any atom is 0.228 e. The molecule has 3 rings (SSSR count). The summed E-state index contributed by atoms with van der Waals surface area (Å²) in [6, 6.07) is 17.4. The highest BCUT2D eigenvalue weighted by molar-refractivity contribution is 7.14. The van der Waals surface area contributed by atoms with Crippen LogP contribution in [0, 0.1) is 5.92 Å². The quantitative estimate of drug-likeness (QED) is 0.696. The Kier molecular flexibility index (Phi) is 4.91. The van der Waals surface area contributed by atoms with Crippen molar-refractivity contribution in [1.82, 2.24) is 4.98 Å². The molecule has 4 nitrogen and oxygen atoms in total. The van der Waals surface area contributed by atoms with Gasteiger partial charge in [0.25, 0.3) is 0 Å². The van der Waals surface area contributed by atoms with Gasteiger partial charge >= 0.3 is 0 Å². The number of carbonyl (C=O) groups excluding carboxylic acids is 1. The minimum absolute atomic E-state index is 0.0255. The zero-order valence-corrected chi connectivity index (χ0v) is 14.3. The normalized spacial score (nSPS) is 10.6. The average molecular weight is 338 g/mol. The molecule has 0 fully saturated rings. The number of carbonyl (C=O) groups is 1. The Balaban J connectivity index is 1.70. The van der Waals surface area contributed by atoms with E-state index < -0.39 is 0 Å². The predicted molar refractivity (Wildman–Crippen MR) is 97.5 cm³/mol. The van der Waals surface area contributed by atoms with Crippen molar-refractivity contribution in [2.75, 3.05) is 5.32 Å². The number of aromatic nitrogens is 1. The first-order valence-electron chi connectivity index (χ1n) is 7.71. The number of benzene rings is 2. The van der Waals surface area contributed by atoms with Gasteiger partial charge in [-0.2, -0.15) is 0 Å². The van der Waals surface area contributed by atoms with E-state index in [1.165, 1.54) is 11.3 Å². The number of nitrogens with zero attached hydrogens (tertiary/aromatic N) is 1. The summed E-state index contributed by atoms with van der Waals surface area (Å²) in [5.74, 6) is 1.49. The highest BCUT2D eigenvalue weighted by Crippen LogP contribution is 2.28. The van der Waals surface area contributed by atoms with Crippen molar-refractivity contribution in [3.05, 3.63) is 60.0 Å². The number of nitrogens with one attached hydrogen (secondary N) is 1. The average Bonchev–Trinajstić information content (AvgIpc) is 3.05. The number of hydrogen-bond acceptors (Lipinski definition) is 4. The van der Waals surface area contributed by atoms with Crippen LogP contribution in [0.15, 0.2) is 60.0 Å². The summed E-state index contributed by atoms with van der Waals surface area (Å²) in [5.41, 5.74) is 1.82. The first kappa shape index (κ1) is 16.2. The van der Waals surface area contributed by atoms with Crippen LogP contribution in [0.5, 0.6) is 11.5 Å². The van der Waals surface area contributed by atoms with Crippen molar-refractivity contribution in [2.24, 2.45) is 5.92 Å². The minimum atomic E-state index is -0.0632. The van der Waals surface area contributed by atoms with E-state index in [4.69, 9.17) is 4.74 Å². The van der Waals surface area contributed by atoms with Gasteiger partial charge in [0.15, 0.2) is 5.13 Å². The van der Waals surface area contributed by atoms with Crippen LogP contribution in [0.3, 0.4) is 0 Å². The molecule has 0 aliphatic heterocycles. The van der Waals surface area contributed by atoms with Crippen molar-refractivity contribution in [2.45, 2.75) is 13.8 Å². The molecule has 0 aliphatic rings. The Morgan fingerprint density at radius 2 is 1.71 bits per heavy atom. The van der Waals surface area contributed by atoms with Crippen LogP contribution < -0.4 is 10.1 Å². The van der Waals surface area contributed by atoms with Gasteiger partial charge in [-0.25, -0.2) is 4.98 Å². The Bertz CT molecular complexity index is 811. The third-order valence-corrected chi connectivity index (χ3v) is 4.15. The molecule has 0 saturated carbocycles. The lowest BCUT2D eigenvalue weighted by Crippen LogP contribution is -2.17. The van der Waals surface area contributed by atoms with E-state index in [1.54, 1.807) is 0 Å². The van der Waals surface area contributed by atoms with E-state index in [0.717, 1.165) is 22.8 Å². The van der Waals surface area contributed by atoms with Gasteiger partial charge in [-0.05, 0) is 36.4 Å². The Hall–Kier alpha value is -2.66. The standard InChI is InChI=1S/C19H18N2O2S/c1-13(2)18(22)21-19-20-17(12-24-19)14-8-10-16(11-9-14)23-15-6-4-3-5-7-15/h3-13H,1-2H3,(H,20,21,22). The molecular formula is C19H18N2O2S. The fourth-order valence-corrected chi connectivity index (χ4v) is 2.75. The van der Waals surface area contributed by atoms with E-state index in [9.17, 15) is 4.79 Å². The number of para-hydroxylation sites is 1. The fourth-order valence-electron chi connectivity index (χ4n) is 2.03. The molecule has 122 valence electrons. The highest BCUT2D eigenvalue weighted by atomic mass is 32.1. The van der Waals surface area contributed by atoms with Gasteiger partial charge in [-0.3, -0.25) is 4.79 Å². The number of amides is 1. The summed E-state index contributed by atoms with van der Waals surface area (Å²) in [4.78, 5) is 16.2. The van der Waals surface area contributed by atoms with Crippen LogP contribution in [0.25, 0.3) is 11.3 Å². The summed E-state index contributed by atoms with van der Waals surface area (Å²) in [7, 11) is 0. The molecule has 24 heavy (non-hydrogen) atoms. The topological polar surface area (TPSA) is 51.2 Å². The van der Waals surface area contributed by atoms with Crippen molar-refractivity contribution < 1.29 is 9.53 Å². The molecule has 0 atom stereocenters. The lowest BCUT2D eigenvalue weighted by Gasteiger charge is -2.06. The second-order valence-electron chi connectivity index (χ2n) is 5.62. The second-order valence-corrected chi connectivity index (χ2v) is 6.48. The molecule has 0 unspecified atom stereocenters. The third-order valence-electron chi connectivity index (χ3n) is 3.39. The van der Waals surface area contributed by atoms with Gasteiger partial charge in [-0.1, -0.05) is 32.0 Å². The smallest absolute Gasteiger partial charge is 0.228 e. The molecule has 1 aromatic heterocycles. The van der Waals surface area contributed by atoms with Gasteiger partial charge in [0.05, 0.1) is 5.69 Å². The maximum absolute atomic E-state index is 11.7. The molecule has 0 bridgehead atoms. The molecular weight excluding hydrogens is 320 g/mol. The summed E-state index contributed by atoms with van der Waals surface area (Å²) in [6.07, 6.45) is 0. The molecule has 0 radical (unpaired) electrons. The lowest BCUT2D eigenvalue weighted by atomic mass is 10.2. The molecule has 0 spiro atoms. The maximum atomic E-state index is 11.7. The van der Waals surface area contributed by atoms with Crippen LogP contribution in [-0.4, -0.2) is 10.9 Å². The Labute approximate surface area is 145 Å². The van der Waals surface area contributed by atoms with Crippen LogP contribution in [0.4, 0.5) is 5.13 Å². The van der Waals surface area contributed by atoms with Gasteiger partial charge in [-0.15, -0.1) is 11.3 Å². The van der Waals surface area contributed by atoms with Gasteiger partial charge in [0, 0.05) is 16.9 Å². The Morgan fingerprint density at radius 1 is 1.04 bits per heavy atom. The van der Waals surface area contributed by atoms with E-state index in [1.807, 2.05) is 73.8 Å². The molecule has 0 aliphatic carbocycles. The van der Waals surface area contributed by atoms with Crippen LogP contribution in [0.1, 0.15) is 13.8 Å². The second kappa shape index (κ2) is 7.27. The first-order valence-corrected chi connectivity index (χ1v) is 8.59. The van der Waals surface area contributed by atoms with E-state index in [2.05, 4.69) is 10.3 Å². The number of rotatable bonds is 5. The van der Waals surface area contributed by atoms with Crippen molar-refractivity contribution in [3.8, 4) is 22.8 Å². The molecule has 5 heteroatoms. The molecule has 1 amide bonds. The molecule has 1 heterocycles. The Morgan fingerprint density at radius 3 is 2.38 bits per heavy atom. The van der Waals surface area contributed by atoms with Crippen molar-refractivity contribution in [1.29, 1.82) is 0 Å². The molecule has 0 saturated heterocycles. The molecule has 2 aromatic carbocycles. The van der Waals surface area contributed by atoms with Gasteiger partial charge in [0.2, 0.25) is 5.91 Å². The molecule has 3 aromatic rings. The van der Waals surface area contributed by atoms with Crippen molar-refractivity contribution >= 4 is 22.4 Å². The van der Waals surface area contributed by atoms with Crippen molar-refractivity contribution in [3.63, 3.8) is 0 Å². The predicted octanol–water partition coefficient (Wildman–Crippen LogP) is 5.20. The third kappa shape index (κ3) is 4.00. The zero-order chi connectivity index (χ0) is 16.9. The number of anilines is 1. The van der Waals surface area contributed by atoms with Crippen LogP contribution >= 0.6 is 11.3 Å². The largest absolute Gasteiger partial charge is 0.457 e. The monoisotopic (exact) mass is 338 g/mol. The minimum Gasteiger partial charge on any atom is -0.457 e. The number of hydrogen-bond donors (Lipinski definition) is 1.